The van der Waals surface area contributed by atoms with Crippen LogP contribution in [-0.4, -0.2) is 57.3 Å². The van der Waals surface area contributed by atoms with Crippen molar-refractivity contribution in [2.75, 3.05) is 26.2 Å². The number of rotatable bonds is 3. The molecule has 0 spiro atoms. The molecule has 0 aromatic carbocycles. The Bertz CT molecular complexity index is 813. The second kappa shape index (κ2) is 7.12. The van der Waals surface area contributed by atoms with Gasteiger partial charge in [0, 0.05) is 46.1 Å². The number of amides is 2. The van der Waals surface area contributed by atoms with Crippen molar-refractivity contribution < 1.29 is 9.59 Å². The van der Waals surface area contributed by atoms with Gasteiger partial charge in [0.05, 0.1) is 11.7 Å². The SMILES string of the molecule is CC(=O)N1CCCN(C(=O)CCn2cnc3sccc3c2=O)CC1. The van der Waals surface area contributed by atoms with E-state index in [2.05, 4.69) is 4.98 Å². The average molecular weight is 348 g/mol. The van der Waals surface area contributed by atoms with Crippen molar-refractivity contribution in [1.29, 1.82) is 0 Å². The molecule has 1 fully saturated rings. The molecule has 1 aliphatic heterocycles. The Hall–Kier alpha value is -2.22. The Morgan fingerprint density at radius 2 is 1.96 bits per heavy atom. The Morgan fingerprint density at radius 3 is 2.75 bits per heavy atom. The molecule has 0 atom stereocenters. The highest BCUT2D eigenvalue weighted by molar-refractivity contribution is 7.16. The van der Waals surface area contributed by atoms with Gasteiger partial charge in [0.2, 0.25) is 11.8 Å². The van der Waals surface area contributed by atoms with Crippen molar-refractivity contribution in [1.82, 2.24) is 19.4 Å². The first-order valence-electron chi connectivity index (χ1n) is 8.02. The highest BCUT2D eigenvalue weighted by Crippen LogP contribution is 2.13. The third-order valence-corrected chi connectivity index (χ3v) is 5.13. The van der Waals surface area contributed by atoms with Crippen LogP contribution in [0.25, 0.3) is 10.2 Å². The van der Waals surface area contributed by atoms with Crippen molar-refractivity contribution in [3.8, 4) is 0 Å². The number of carbonyl (C=O) groups excluding carboxylic acids is 2. The van der Waals surface area contributed by atoms with E-state index in [0.717, 1.165) is 11.3 Å². The molecule has 8 heteroatoms. The highest BCUT2D eigenvalue weighted by atomic mass is 32.1. The van der Waals surface area contributed by atoms with Gasteiger partial charge in [-0.2, -0.15) is 0 Å². The van der Waals surface area contributed by atoms with Crippen LogP contribution in [0, 0.1) is 0 Å². The summed E-state index contributed by atoms with van der Waals surface area (Å²) in [4.78, 5) is 44.7. The summed E-state index contributed by atoms with van der Waals surface area (Å²) >= 11 is 1.43. The lowest BCUT2D eigenvalue weighted by Crippen LogP contribution is -2.37. The number of fused-ring (bicyclic) bond motifs is 1. The number of aromatic nitrogens is 2. The van der Waals surface area contributed by atoms with Gasteiger partial charge in [-0.3, -0.25) is 19.0 Å². The molecule has 1 saturated heterocycles. The molecular formula is C16H20N4O3S. The normalized spacial score (nSPS) is 15.5. The van der Waals surface area contributed by atoms with Crippen LogP contribution in [0.3, 0.4) is 0 Å². The van der Waals surface area contributed by atoms with E-state index in [4.69, 9.17) is 0 Å². The number of thiophene rings is 1. The molecular weight excluding hydrogens is 328 g/mol. The van der Waals surface area contributed by atoms with E-state index in [9.17, 15) is 14.4 Å². The fraction of sp³-hybridized carbons (Fsp3) is 0.500. The van der Waals surface area contributed by atoms with Crippen molar-refractivity contribution in [3.05, 3.63) is 28.1 Å². The molecule has 7 nitrogen and oxygen atoms in total. The first kappa shape index (κ1) is 16.6. The number of nitrogens with zero attached hydrogens (tertiary/aromatic N) is 4. The zero-order chi connectivity index (χ0) is 17.1. The summed E-state index contributed by atoms with van der Waals surface area (Å²) in [5.74, 6) is 0.0590. The van der Waals surface area contributed by atoms with Gasteiger partial charge in [-0.15, -0.1) is 11.3 Å². The lowest BCUT2D eigenvalue weighted by atomic mass is 10.3. The number of hydrogen-bond donors (Lipinski definition) is 0. The largest absolute Gasteiger partial charge is 0.341 e. The van der Waals surface area contributed by atoms with Gasteiger partial charge in [0.25, 0.3) is 5.56 Å². The molecule has 2 aromatic rings. The molecule has 1 aliphatic rings. The van der Waals surface area contributed by atoms with Gasteiger partial charge in [0.15, 0.2) is 0 Å². The topological polar surface area (TPSA) is 75.5 Å². The van der Waals surface area contributed by atoms with E-state index in [0.29, 0.717) is 38.1 Å². The maximum absolute atomic E-state index is 12.4. The highest BCUT2D eigenvalue weighted by Gasteiger charge is 2.20. The molecule has 3 heterocycles. The van der Waals surface area contributed by atoms with Crippen molar-refractivity contribution in [2.45, 2.75) is 26.3 Å². The standard InChI is InChI=1S/C16H20N4O3S/c1-12(21)18-5-2-6-19(9-8-18)14(22)3-7-20-11-17-15-13(16(20)23)4-10-24-15/h4,10-11H,2-3,5-9H2,1H3. The summed E-state index contributed by atoms with van der Waals surface area (Å²) in [6, 6.07) is 1.76. The lowest BCUT2D eigenvalue weighted by Gasteiger charge is -2.21. The first-order valence-corrected chi connectivity index (χ1v) is 8.90. The van der Waals surface area contributed by atoms with E-state index < -0.39 is 0 Å². The second-order valence-electron chi connectivity index (χ2n) is 5.87. The molecule has 128 valence electrons. The van der Waals surface area contributed by atoms with Crippen molar-refractivity contribution >= 4 is 33.4 Å². The molecule has 3 rings (SSSR count). The van der Waals surface area contributed by atoms with E-state index >= 15 is 0 Å². The van der Waals surface area contributed by atoms with Gasteiger partial charge >= 0.3 is 0 Å². The molecule has 0 bridgehead atoms. The van der Waals surface area contributed by atoms with Crippen LogP contribution < -0.4 is 5.56 Å². The molecule has 0 N–H and O–H groups in total. The van der Waals surface area contributed by atoms with Gasteiger partial charge in [-0.1, -0.05) is 0 Å². The van der Waals surface area contributed by atoms with Gasteiger partial charge in [0.1, 0.15) is 4.83 Å². The molecule has 0 saturated carbocycles. The summed E-state index contributed by atoms with van der Waals surface area (Å²) in [7, 11) is 0. The van der Waals surface area contributed by atoms with Crippen LogP contribution in [-0.2, 0) is 16.1 Å². The average Bonchev–Trinajstić information content (AvgIpc) is 2.90. The van der Waals surface area contributed by atoms with Crippen LogP contribution in [0.1, 0.15) is 19.8 Å². The Kier molecular flexibility index (Phi) is 4.94. The number of aryl methyl sites for hydroxylation is 1. The Morgan fingerprint density at radius 1 is 1.21 bits per heavy atom. The van der Waals surface area contributed by atoms with Crippen LogP contribution >= 0.6 is 11.3 Å². The van der Waals surface area contributed by atoms with E-state index in [1.165, 1.54) is 22.2 Å². The number of hydrogen-bond acceptors (Lipinski definition) is 5. The molecule has 24 heavy (non-hydrogen) atoms. The predicted octanol–water partition coefficient (Wildman–Crippen LogP) is 0.929. The third-order valence-electron chi connectivity index (χ3n) is 4.31. The summed E-state index contributed by atoms with van der Waals surface area (Å²) < 4.78 is 1.49. The minimum absolute atomic E-state index is 0.0118. The fourth-order valence-electron chi connectivity index (χ4n) is 2.91. The monoisotopic (exact) mass is 348 g/mol. The van der Waals surface area contributed by atoms with Crippen LogP contribution in [0.4, 0.5) is 0 Å². The zero-order valence-corrected chi connectivity index (χ0v) is 14.4. The quantitative estimate of drug-likeness (QED) is 0.827. The third kappa shape index (κ3) is 3.48. The summed E-state index contributed by atoms with van der Waals surface area (Å²) in [6.45, 7) is 4.34. The summed E-state index contributed by atoms with van der Waals surface area (Å²) in [5, 5.41) is 2.44. The Balaban J connectivity index is 1.61. The maximum Gasteiger partial charge on any atom is 0.262 e. The molecule has 0 radical (unpaired) electrons. The first-order chi connectivity index (χ1) is 11.6. The van der Waals surface area contributed by atoms with E-state index in [-0.39, 0.29) is 23.8 Å². The minimum Gasteiger partial charge on any atom is -0.341 e. The zero-order valence-electron chi connectivity index (χ0n) is 13.6. The summed E-state index contributed by atoms with van der Waals surface area (Å²) in [5.41, 5.74) is -0.104. The van der Waals surface area contributed by atoms with Gasteiger partial charge < -0.3 is 9.80 Å². The maximum atomic E-state index is 12.4. The smallest absolute Gasteiger partial charge is 0.262 e. The van der Waals surface area contributed by atoms with Crippen molar-refractivity contribution in [2.24, 2.45) is 0 Å². The predicted molar refractivity (Wildman–Crippen MR) is 91.9 cm³/mol. The Labute approximate surface area is 143 Å². The van der Waals surface area contributed by atoms with Gasteiger partial charge in [-0.05, 0) is 17.9 Å². The molecule has 0 aliphatic carbocycles. The number of carbonyl (C=O) groups is 2. The van der Waals surface area contributed by atoms with E-state index in [1.807, 2.05) is 5.38 Å². The summed E-state index contributed by atoms with van der Waals surface area (Å²) in [6.07, 6.45) is 2.55. The van der Waals surface area contributed by atoms with Crippen LogP contribution in [0.2, 0.25) is 0 Å². The van der Waals surface area contributed by atoms with Crippen molar-refractivity contribution in [3.63, 3.8) is 0 Å². The molecule has 2 amide bonds. The molecule has 0 unspecified atom stereocenters. The van der Waals surface area contributed by atoms with Crippen LogP contribution in [0.15, 0.2) is 22.6 Å². The fourth-order valence-corrected chi connectivity index (χ4v) is 3.63. The van der Waals surface area contributed by atoms with Gasteiger partial charge in [-0.25, -0.2) is 4.98 Å². The second-order valence-corrected chi connectivity index (χ2v) is 6.77. The van der Waals surface area contributed by atoms with E-state index in [1.54, 1.807) is 22.8 Å². The molecule has 2 aromatic heterocycles. The lowest BCUT2D eigenvalue weighted by molar-refractivity contribution is -0.132. The minimum atomic E-state index is -0.104. The van der Waals surface area contributed by atoms with Crippen LogP contribution in [0.5, 0.6) is 0 Å².